The van der Waals surface area contributed by atoms with E-state index in [4.69, 9.17) is 14.2 Å². The van der Waals surface area contributed by atoms with Crippen molar-refractivity contribution >= 4 is 39.0 Å². The molecule has 7 nitrogen and oxygen atoms in total. The Balaban J connectivity index is 1.60. The molecule has 0 aliphatic heterocycles. The molecule has 1 N–H and O–H groups in total. The molecule has 2 aromatic carbocycles. The second kappa shape index (κ2) is 10.3. The highest BCUT2D eigenvalue weighted by atomic mass is 32.1. The lowest BCUT2D eigenvalue weighted by Gasteiger charge is -2.13. The number of hydrogen-bond acceptors (Lipinski definition) is 8. The number of esters is 1. The Hall–Kier alpha value is -3.65. The number of aromatic nitrogens is 2. The van der Waals surface area contributed by atoms with Gasteiger partial charge in [-0.05, 0) is 44.0 Å². The molecule has 4 aromatic rings. The number of nitrogens with zero attached hydrogens (tertiary/aromatic N) is 2. The molecule has 4 rings (SSSR count). The first-order chi connectivity index (χ1) is 16.1. The monoisotopic (exact) mass is 463 g/mol. The molecule has 170 valence electrons. The van der Waals surface area contributed by atoms with Crippen LogP contribution in [0.25, 0.3) is 10.2 Å². The van der Waals surface area contributed by atoms with Gasteiger partial charge in [0, 0.05) is 11.8 Å². The third kappa shape index (κ3) is 5.06. The van der Waals surface area contributed by atoms with Crippen molar-refractivity contribution in [1.82, 2.24) is 9.97 Å². The fourth-order valence-electron chi connectivity index (χ4n) is 3.42. The summed E-state index contributed by atoms with van der Waals surface area (Å²) in [5.41, 5.74) is 2.51. The summed E-state index contributed by atoms with van der Waals surface area (Å²) in [7, 11) is 0. The molecule has 0 aliphatic rings. The number of rotatable bonds is 9. The average molecular weight is 464 g/mol. The Morgan fingerprint density at radius 3 is 2.52 bits per heavy atom. The van der Waals surface area contributed by atoms with Gasteiger partial charge < -0.3 is 19.5 Å². The molecule has 0 atom stereocenters. The predicted octanol–water partition coefficient (Wildman–Crippen LogP) is 5.90. The minimum atomic E-state index is -0.370. The number of fused-ring (bicyclic) bond motifs is 1. The van der Waals surface area contributed by atoms with Crippen LogP contribution in [0, 0.1) is 6.92 Å². The van der Waals surface area contributed by atoms with Gasteiger partial charge >= 0.3 is 5.97 Å². The van der Waals surface area contributed by atoms with Gasteiger partial charge in [0.1, 0.15) is 28.5 Å². The largest absolute Gasteiger partial charge is 0.490 e. The summed E-state index contributed by atoms with van der Waals surface area (Å²) < 4.78 is 16.9. The van der Waals surface area contributed by atoms with E-state index in [1.165, 1.54) is 17.7 Å². The number of ether oxygens (including phenoxy) is 3. The summed E-state index contributed by atoms with van der Waals surface area (Å²) in [6.45, 7) is 7.04. The Morgan fingerprint density at radius 1 is 1.00 bits per heavy atom. The highest BCUT2D eigenvalue weighted by Crippen LogP contribution is 2.37. The van der Waals surface area contributed by atoms with Crippen LogP contribution in [0.5, 0.6) is 11.5 Å². The van der Waals surface area contributed by atoms with E-state index in [0.717, 1.165) is 22.2 Å². The SMILES string of the molecule is CCOc1ccc(Nc2ncnc3sc(C(=O)OCc4ccccc4)c(C)c23)cc1OCC. The molecule has 2 heterocycles. The maximum absolute atomic E-state index is 12.8. The highest BCUT2D eigenvalue weighted by Gasteiger charge is 2.21. The van der Waals surface area contributed by atoms with Crippen LogP contribution in [-0.4, -0.2) is 29.2 Å². The molecule has 8 heteroatoms. The fraction of sp³-hybridized carbons (Fsp3) is 0.240. The molecule has 0 spiro atoms. The van der Waals surface area contributed by atoms with Gasteiger partial charge in [0.2, 0.25) is 0 Å². The zero-order chi connectivity index (χ0) is 23.2. The molecule has 0 aliphatic carbocycles. The lowest BCUT2D eigenvalue weighted by Crippen LogP contribution is -2.04. The lowest BCUT2D eigenvalue weighted by molar-refractivity contribution is 0.0478. The summed E-state index contributed by atoms with van der Waals surface area (Å²) in [5.74, 6) is 1.59. The van der Waals surface area contributed by atoms with E-state index in [9.17, 15) is 4.79 Å². The van der Waals surface area contributed by atoms with Crippen molar-refractivity contribution in [1.29, 1.82) is 0 Å². The van der Waals surface area contributed by atoms with Crippen molar-refractivity contribution in [3.8, 4) is 11.5 Å². The summed E-state index contributed by atoms with van der Waals surface area (Å²) in [5, 5.41) is 4.13. The van der Waals surface area contributed by atoms with Crippen molar-refractivity contribution in [2.24, 2.45) is 0 Å². The molecule has 0 saturated carbocycles. The summed E-state index contributed by atoms with van der Waals surface area (Å²) in [4.78, 5) is 22.8. The molecule has 33 heavy (non-hydrogen) atoms. The van der Waals surface area contributed by atoms with Crippen LogP contribution in [-0.2, 0) is 11.3 Å². The van der Waals surface area contributed by atoms with Gasteiger partial charge in [0.15, 0.2) is 11.5 Å². The van der Waals surface area contributed by atoms with Gasteiger partial charge in [0.05, 0.1) is 18.6 Å². The van der Waals surface area contributed by atoms with E-state index in [1.807, 2.05) is 69.3 Å². The average Bonchev–Trinajstić information content (AvgIpc) is 3.17. The zero-order valence-electron chi connectivity index (χ0n) is 18.8. The molecular formula is C25H25N3O4S. The molecular weight excluding hydrogens is 438 g/mol. The van der Waals surface area contributed by atoms with E-state index in [1.54, 1.807) is 0 Å². The predicted molar refractivity (Wildman–Crippen MR) is 130 cm³/mol. The zero-order valence-corrected chi connectivity index (χ0v) is 19.6. The van der Waals surface area contributed by atoms with Crippen LogP contribution in [0.1, 0.15) is 34.6 Å². The van der Waals surface area contributed by atoms with Gasteiger partial charge in [0.25, 0.3) is 0 Å². The number of nitrogens with one attached hydrogen (secondary N) is 1. The van der Waals surface area contributed by atoms with Gasteiger partial charge in [-0.2, -0.15) is 0 Å². The number of anilines is 2. The molecule has 0 amide bonds. The van der Waals surface area contributed by atoms with Gasteiger partial charge in [-0.25, -0.2) is 14.8 Å². The first-order valence-electron chi connectivity index (χ1n) is 10.7. The molecule has 0 radical (unpaired) electrons. The van der Waals surface area contributed by atoms with Gasteiger partial charge in [-0.3, -0.25) is 0 Å². The fourth-order valence-corrected chi connectivity index (χ4v) is 4.46. The van der Waals surface area contributed by atoms with Crippen LogP contribution in [0.3, 0.4) is 0 Å². The lowest BCUT2D eigenvalue weighted by atomic mass is 10.2. The van der Waals surface area contributed by atoms with Crippen LogP contribution in [0.4, 0.5) is 11.5 Å². The number of carbonyl (C=O) groups is 1. The second-order valence-corrected chi connectivity index (χ2v) is 8.17. The van der Waals surface area contributed by atoms with Crippen LogP contribution >= 0.6 is 11.3 Å². The van der Waals surface area contributed by atoms with Crippen LogP contribution in [0.2, 0.25) is 0 Å². The minimum absolute atomic E-state index is 0.219. The topological polar surface area (TPSA) is 82.6 Å². The molecule has 0 fully saturated rings. The Morgan fingerprint density at radius 2 is 1.76 bits per heavy atom. The van der Waals surface area contributed by atoms with Crippen LogP contribution in [0.15, 0.2) is 54.9 Å². The molecule has 0 bridgehead atoms. The van der Waals surface area contributed by atoms with E-state index < -0.39 is 0 Å². The van der Waals surface area contributed by atoms with Crippen molar-refractivity contribution in [3.63, 3.8) is 0 Å². The highest BCUT2D eigenvalue weighted by molar-refractivity contribution is 7.20. The summed E-state index contributed by atoms with van der Waals surface area (Å²) >= 11 is 1.30. The maximum atomic E-state index is 12.8. The maximum Gasteiger partial charge on any atom is 0.349 e. The van der Waals surface area contributed by atoms with E-state index in [2.05, 4.69) is 15.3 Å². The Labute approximate surface area is 196 Å². The smallest absolute Gasteiger partial charge is 0.349 e. The molecule has 2 aromatic heterocycles. The first kappa shape index (κ1) is 22.5. The number of thiophene rings is 1. The van der Waals surface area contributed by atoms with Gasteiger partial charge in [-0.15, -0.1) is 11.3 Å². The first-order valence-corrected chi connectivity index (χ1v) is 11.5. The molecule has 0 unspecified atom stereocenters. The van der Waals surface area contributed by atoms with Crippen molar-refractivity contribution in [2.45, 2.75) is 27.4 Å². The van der Waals surface area contributed by atoms with E-state index in [0.29, 0.717) is 40.2 Å². The summed E-state index contributed by atoms with van der Waals surface area (Å²) in [6, 6.07) is 15.2. The third-order valence-corrected chi connectivity index (χ3v) is 6.11. The van der Waals surface area contributed by atoms with E-state index in [-0.39, 0.29) is 12.6 Å². The number of aryl methyl sites for hydroxylation is 1. The minimum Gasteiger partial charge on any atom is -0.490 e. The third-order valence-electron chi connectivity index (χ3n) is 4.93. The Kier molecular flexibility index (Phi) is 7.04. The van der Waals surface area contributed by atoms with Crippen molar-refractivity contribution < 1.29 is 19.0 Å². The standard InChI is InChI=1S/C25H25N3O4S/c1-4-30-19-12-11-18(13-20(19)31-5-2)28-23-21-16(3)22(33-24(21)27-15-26-23)25(29)32-14-17-9-7-6-8-10-17/h6-13,15H,4-5,14H2,1-3H3,(H,26,27,28). The number of hydrogen-bond donors (Lipinski definition) is 1. The van der Waals surface area contributed by atoms with Gasteiger partial charge in [-0.1, -0.05) is 30.3 Å². The summed E-state index contributed by atoms with van der Waals surface area (Å²) in [6.07, 6.45) is 1.48. The normalized spacial score (nSPS) is 10.8. The molecule has 0 saturated heterocycles. The van der Waals surface area contributed by atoms with E-state index >= 15 is 0 Å². The van der Waals surface area contributed by atoms with Crippen LogP contribution < -0.4 is 14.8 Å². The van der Waals surface area contributed by atoms with Crippen molar-refractivity contribution in [3.05, 3.63) is 70.9 Å². The number of carbonyl (C=O) groups excluding carboxylic acids is 1. The van der Waals surface area contributed by atoms with Crippen molar-refractivity contribution in [2.75, 3.05) is 18.5 Å². The quantitative estimate of drug-likeness (QED) is 0.310. The number of benzene rings is 2. The Bertz CT molecular complexity index is 1260. The second-order valence-electron chi connectivity index (χ2n) is 7.17.